The standard InChI is InChI=1S/C15H21N3O3/c1-10(2)11-7-8-14(21-3)12(9-11)13(17-18-16)5-4-6-15(19)20/h7-10,13H,4-6H2,1-3H3,(H,19,20). The van der Waals surface area contributed by atoms with Gasteiger partial charge in [-0.05, 0) is 35.9 Å². The lowest BCUT2D eigenvalue weighted by atomic mass is 9.95. The molecule has 0 saturated carbocycles. The van der Waals surface area contributed by atoms with Gasteiger partial charge in [0.2, 0.25) is 0 Å². The Morgan fingerprint density at radius 3 is 2.71 bits per heavy atom. The molecular formula is C15H21N3O3. The topological polar surface area (TPSA) is 95.3 Å². The van der Waals surface area contributed by atoms with Crippen LogP contribution in [0.5, 0.6) is 5.75 Å². The van der Waals surface area contributed by atoms with Crippen molar-refractivity contribution in [3.63, 3.8) is 0 Å². The molecule has 1 unspecified atom stereocenters. The smallest absolute Gasteiger partial charge is 0.303 e. The molecule has 1 aromatic rings. The Morgan fingerprint density at radius 2 is 2.19 bits per heavy atom. The minimum Gasteiger partial charge on any atom is -0.496 e. The Hall–Kier alpha value is -2.20. The number of nitrogens with zero attached hydrogens (tertiary/aromatic N) is 3. The van der Waals surface area contributed by atoms with Crippen molar-refractivity contribution in [1.82, 2.24) is 0 Å². The molecule has 0 aliphatic rings. The molecule has 0 radical (unpaired) electrons. The molecule has 0 amide bonds. The lowest BCUT2D eigenvalue weighted by Gasteiger charge is -2.17. The summed E-state index contributed by atoms with van der Waals surface area (Å²) in [5.41, 5.74) is 10.7. The van der Waals surface area contributed by atoms with E-state index in [0.29, 0.717) is 24.5 Å². The van der Waals surface area contributed by atoms with Gasteiger partial charge < -0.3 is 9.84 Å². The minimum atomic E-state index is -0.849. The largest absolute Gasteiger partial charge is 0.496 e. The molecule has 0 bridgehead atoms. The van der Waals surface area contributed by atoms with Crippen molar-refractivity contribution in [3.05, 3.63) is 39.8 Å². The quantitative estimate of drug-likeness (QED) is 0.436. The lowest BCUT2D eigenvalue weighted by molar-refractivity contribution is -0.137. The molecule has 1 aromatic carbocycles. The van der Waals surface area contributed by atoms with Crippen molar-refractivity contribution in [2.45, 2.75) is 45.1 Å². The predicted octanol–water partition coefficient (Wildman–Crippen LogP) is 4.42. The molecule has 114 valence electrons. The fraction of sp³-hybridized carbons (Fsp3) is 0.533. The number of hydrogen-bond donors (Lipinski definition) is 1. The van der Waals surface area contributed by atoms with Crippen LogP contribution in [0.4, 0.5) is 0 Å². The highest BCUT2D eigenvalue weighted by Gasteiger charge is 2.17. The van der Waals surface area contributed by atoms with E-state index in [0.717, 1.165) is 11.1 Å². The fourth-order valence-electron chi connectivity index (χ4n) is 2.16. The molecule has 0 aliphatic carbocycles. The Kier molecular flexibility index (Phi) is 6.56. The molecule has 0 heterocycles. The Labute approximate surface area is 124 Å². The first-order chi connectivity index (χ1) is 9.99. The van der Waals surface area contributed by atoms with Crippen molar-refractivity contribution >= 4 is 5.97 Å². The molecule has 0 saturated heterocycles. The molecule has 0 fully saturated rings. The highest BCUT2D eigenvalue weighted by atomic mass is 16.5. The molecule has 6 nitrogen and oxygen atoms in total. The van der Waals surface area contributed by atoms with Crippen molar-refractivity contribution in [2.24, 2.45) is 5.11 Å². The predicted molar refractivity (Wildman–Crippen MR) is 80.5 cm³/mol. The van der Waals surface area contributed by atoms with Crippen LogP contribution >= 0.6 is 0 Å². The first-order valence-electron chi connectivity index (χ1n) is 6.93. The summed E-state index contributed by atoms with van der Waals surface area (Å²) in [7, 11) is 1.57. The van der Waals surface area contributed by atoms with Gasteiger partial charge in [0.15, 0.2) is 0 Å². The maximum absolute atomic E-state index is 10.6. The molecule has 1 N–H and O–H groups in total. The van der Waals surface area contributed by atoms with E-state index in [2.05, 4.69) is 23.9 Å². The van der Waals surface area contributed by atoms with Gasteiger partial charge in [-0.2, -0.15) is 0 Å². The van der Waals surface area contributed by atoms with Crippen molar-refractivity contribution in [2.75, 3.05) is 7.11 Å². The molecule has 0 aromatic heterocycles. The Bertz CT molecular complexity index is 537. The third-order valence-corrected chi connectivity index (χ3v) is 3.34. The number of carbonyl (C=O) groups is 1. The monoisotopic (exact) mass is 291 g/mol. The number of hydrogen-bond acceptors (Lipinski definition) is 3. The molecule has 0 aliphatic heterocycles. The van der Waals surface area contributed by atoms with Crippen LogP contribution in [0, 0.1) is 0 Å². The van der Waals surface area contributed by atoms with Gasteiger partial charge in [-0.1, -0.05) is 31.1 Å². The van der Waals surface area contributed by atoms with Crippen LogP contribution in [0.25, 0.3) is 10.4 Å². The zero-order valence-corrected chi connectivity index (χ0v) is 12.6. The normalized spacial score (nSPS) is 11.8. The van der Waals surface area contributed by atoms with Crippen LogP contribution in [-0.2, 0) is 4.79 Å². The second-order valence-corrected chi connectivity index (χ2v) is 5.16. The highest BCUT2D eigenvalue weighted by Crippen LogP contribution is 2.34. The van der Waals surface area contributed by atoms with E-state index >= 15 is 0 Å². The van der Waals surface area contributed by atoms with Crippen LogP contribution in [-0.4, -0.2) is 18.2 Å². The van der Waals surface area contributed by atoms with Crippen LogP contribution in [0.15, 0.2) is 23.3 Å². The fourth-order valence-corrected chi connectivity index (χ4v) is 2.16. The Balaban J connectivity index is 3.06. The van der Waals surface area contributed by atoms with Crippen LogP contribution in [0.1, 0.15) is 56.2 Å². The summed E-state index contributed by atoms with van der Waals surface area (Å²) in [6, 6.07) is 5.41. The first-order valence-corrected chi connectivity index (χ1v) is 6.93. The van der Waals surface area contributed by atoms with Crippen molar-refractivity contribution in [3.8, 4) is 5.75 Å². The average Bonchev–Trinajstić information content (AvgIpc) is 2.45. The molecule has 6 heteroatoms. The summed E-state index contributed by atoms with van der Waals surface area (Å²) in [6.07, 6.45) is 0.992. The summed E-state index contributed by atoms with van der Waals surface area (Å²) < 4.78 is 5.34. The van der Waals surface area contributed by atoms with Gasteiger partial charge in [-0.25, -0.2) is 0 Å². The number of azide groups is 1. The highest BCUT2D eigenvalue weighted by molar-refractivity contribution is 5.66. The summed E-state index contributed by atoms with van der Waals surface area (Å²) in [6.45, 7) is 4.16. The van der Waals surface area contributed by atoms with E-state index in [1.54, 1.807) is 7.11 Å². The number of carboxylic acid groups (broad SMARTS) is 1. The molecule has 21 heavy (non-hydrogen) atoms. The molecule has 0 spiro atoms. The Morgan fingerprint density at radius 1 is 1.48 bits per heavy atom. The number of carboxylic acids is 1. The average molecular weight is 291 g/mol. The summed E-state index contributed by atoms with van der Waals surface area (Å²) in [5, 5.41) is 12.5. The molecule has 1 atom stereocenters. The SMILES string of the molecule is COc1ccc(C(C)C)cc1C(CCCC(=O)O)N=[N+]=[N-]. The second-order valence-electron chi connectivity index (χ2n) is 5.16. The van der Waals surface area contributed by atoms with Gasteiger partial charge >= 0.3 is 5.97 Å². The third-order valence-electron chi connectivity index (χ3n) is 3.34. The van der Waals surface area contributed by atoms with Gasteiger partial charge in [0.1, 0.15) is 5.75 Å². The van der Waals surface area contributed by atoms with Gasteiger partial charge in [-0.15, -0.1) is 0 Å². The van der Waals surface area contributed by atoms with E-state index in [9.17, 15) is 4.79 Å². The lowest BCUT2D eigenvalue weighted by Crippen LogP contribution is -2.03. The third kappa shape index (κ3) is 5.00. The second kappa shape index (κ2) is 8.17. The van der Waals surface area contributed by atoms with E-state index in [-0.39, 0.29) is 6.42 Å². The van der Waals surface area contributed by atoms with Crippen molar-refractivity contribution in [1.29, 1.82) is 0 Å². The number of aliphatic carboxylic acids is 1. The van der Waals surface area contributed by atoms with E-state index in [4.69, 9.17) is 15.4 Å². The maximum atomic E-state index is 10.6. The minimum absolute atomic E-state index is 0.0592. The van der Waals surface area contributed by atoms with Crippen LogP contribution in [0.2, 0.25) is 0 Å². The van der Waals surface area contributed by atoms with Gasteiger partial charge in [0, 0.05) is 16.9 Å². The van der Waals surface area contributed by atoms with Crippen molar-refractivity contribution < 1.29 is 14.6 Å². The zero-order valence-electron chi connectivity index (χ0n) is 12.6. The number of rotatable bonds is 8. The number of methoxy groups -OCH3 is 1. The molecule has 1 rings (SSSR count). The van der Waals surface area contributed by atoms with E-state index < -0.39 is 12.0 Å². The van der Waals surface area contributed by atoms with E-state index in [1.165, 1.54) is 0 Å². The summed E-state index contributed by atoms with van der Waals surface area (Å²) >= 11 is 0. The van der Waals surface area contributed by atoms with Gasteiger partial charge in [-0.3, -0.25) is 4.79 Å². The summed E-state index contributed by atoms with van der Waals surface area (Å²) in [4.78, 5) is 13.5. The van der Waals surface area contributed by atoms with Crippen LogP contribution < -0.4 is 4.74 Å². The molecular weight excluding hydrogens is 270 g/mol. The van der Waals surface area contributed by atoms with Gasteiger partial charge in [0.25, 0.3) is 0 Å². The number of ether oxygens (including phenoxy) is 1. The summed E-state index contributed by atoms with van der Waals surface area (Å²) in [5.74, 6) is 0.157. The zero-order chi connectivity index (χ0) is 15.8. The van der Waals surface area contributed by atoms with E-state index in [1.807, 2.05) is 18.2 Å². The first kappa shape index (κ1) is 16.9. The number of benzene rings is 1. The van der Waals surface area contributed by atoms with Gasteiger partial charge in [0.05, 0.1) is 13.2 Å². The van der Waals surface area contributed by atoms with Crippen LogP contribution in [0.3, 0.4) is 0 Å². The maximum Gasteiger partial charge on any atom is 0.303 e.